The molecule has 11 heteroatoms. The summed E-state index contributed by atoms with van der Waals surface area (Å²) in [5, 5.41) is 15.6. The molecule has 2 amide bonds. The maximum atomic E-state index is 13.1. The van der Waals surface area contributed by atoms with Crippen molar-refractivity contribution in [3.8, 4) is 11.1 Å². The SMILES string of the molecule is CC(C)(C)OC(=O)[C@@H]1CCCN1C[C@H]1C[C@@H](c2ccc(CO)cc2)O[C@@H](c2ccc(-c3ccccc3CNC(=O)CCCCCCC(=O)Nc3ccccc3N)cc2)O1. The van der Waals surface area contributed by atoms with Crippen molar-refractivity contribution in [2.45, 2.75) is 122 Å². The van der Waals surface area contributed by atoms with E-state index < -0.39 is 11.9 Å². The first-order chi connectivity index (χ1) is 28.5. The topological polar surface area (TPSA) is 152 Å². The number of anilines is 2. The molecular weight excluding hydrogens is 745 g/mol. The molecule has 4 aromatic carbocycles. The molecule has 0 spiro atoms. The number of aliphatic hydroxyl groups is 1. The smallest absolute Gasteiger partial charge is 0.323 e. The number of nitrogens with two attached hydrogens (primary N) is 1. The van der Waals surface area contributed by atoms with E-state index in [1.54, 1.807) is 12.1 Å². The van der Waals surface area contributed by atoms with Crippen molar-refractivity contribution in [1.29, 1.82) is 0 Å². The highest BCUT2D eigenvalue weighted by Crippen LogP contribution is 2.39. The normalized spacial score (nSPS) is 19.6. The number of hydrogen-bond acceptors (Lipinski definition) is 9. The third-order valence-corrected chi connectivity index (χ3v) is 10.9. The molecular formula is C48H60N4O7. The van der Waals surface area contributed by atoms with Crippen LogP contribution in [0.15, 0.2) is 97.1 Å². The van der Waals surface area contributed by atoms with Crippen LogP contribution < -0.4 is 16.4 Å². The summed E-state index contributed by atoms with van der Waals surface area (Å²) < 4.78 is 19.1. The lowest BCUT2D eigenvalue weighted by molar-refractivity contribution is -0.253. The number of carbonyl (C=O) groups excluding carboxylic acids is 3. The van der Waals surface area contributed by atoms with Crippen LogP contribution in [0.1, 0.15) is 113 Å². The lowest BCUT2D eigenvalue weighted by atomic mass is 9.97. The van der Waals surface area contributed by atoms with Gasteiger partial charge in [-0.3, -0.25) is 19.3 Å². The van der Waals surface area contributed by atoms with E-state index in [2.05, 4.69) is 33.7 Å². The predicted molar refractivity (Wildman–Crippen MR) is 230 cm³/mol. The fourth-order valence-corrected chi connectivity index (χ4v) is 7.78. The molecule has 0 radical (unpaired) electrons. The Morgan fingerprint density at radius 2 is 1.51 bits per heavy atom. The van der Waals surface area contributed by atoms with Crippen molar-refractivity contribution in [3.05, 3.63) is 119 Å². The van der Waals surface area contributed by atoms with Gasteiger partial charge in [0.1, 0.15) is 11.6 Å². The zero-order valence-electron chi connectivity index (χ0n) is 34.7. The number of benzene rings is 4. The minimum absolute atomic E-state index is 0.000461. The summed E-state index contributed by atoms with van der Waals surface area (Å²) >= 11 is 0. The van der Waals surface area contributed by atoms with Crippen molar-refractivity contribution >= 4 is 29.2 Å². The molecule has 2 saturated heterocycles. The monoisotopic (exact) mass is 804 g/mol. The van der Waals surface area contributed by atoms with Crippen LogP contribution in [0, 0.1) is 0 Å². The van der Waals surface area contributed by atoms with Gasteiger partial charge in [-0.2, -0.15) is 0 Å². The quantitative estimate of drug-likeness (QED) is 0.0469. The van der Waals surface area contributed by atoms with Crippen molar-refractivity contribution in [2.24, 2.45) is 0 Å². The lowest BCUT2D eigenvalue weighted by Gasteiger charge is -2.38. The zero-order valence-corrected chi connectivity index (χ0v) is 34.7. The molecule has 5 N–H and O–H groups in total. The maximum absolute atomic E-state index is 13.1. The summed E-state index contributed by atoms with van der Waals surface area (Å²) in [7, 11) is 0. The van der Waals surface area contributed by atoms with Gasteiger partial charge >= 0.3 is 5.97 Å². The minimum atomic E-state index is -0.631. The van der Waals surface area contributed by atoms with E-state index in [0.29, 0.717) is 43.7 Å². The Morgan fingerprint density at radius 3 is 2.22 bits per heavy atom. The number of ether oxygens (including phenoxy) is 3. The van der Waals surface area contributed by atoms with Crippen LogP contribution >= 0.6 is 0 Å². The largest absolute Gasteiger partial charge is 0.459 e. The summed E-state index contributed by atoms with van der Waals surface area (Å²) in [5.41, 5.74) is 12.3. The molecule has 2 aliphatic heterocycles. The van der Waals surface area contributed by atoms with Crippen LogP contribution in [0.4, 0.5) is 11.4 Å². The first kappa shape index (κ1) is 43.5. The molecule has 0 unspecified atom stereocenters. The van der Waals surface area contributed by atoms with Gasteiger partial charge in [0.15, 0.2) is 6.29 Å². The van der Waals surface area contributed by atoms with Gasteiger partial charge < -0.3 is 35.7 Å². The van der Waals surface area contributed by atoms with Gasteiger partial charge in [-0.25, -0.2) is 0 Å². The molecule has 11 nitrogen and oxygen atoms in total. The van der Waals surface area contributed by atoms with E-state index in [1.165, 1.54) is 0 Å². The molecule has 314 valence electrons. The first-order valence-corrected chi connectivity index (χ1v) is 21.0. The van der Waals surface area contributed by atoms with Gasteiger partial charge in [0.25, 0.3) is 0 Å². The molecule has 0 bridgehead atoms. The predicted octanol–water partition coefficient (Wildman–Crippen LogP) is 8.38. The Hall–Kier alpha value is -5.07. The molecule has 2 heterocycles. The van der Waals surface area contributed by atoms with E-state index >= 15 is 0 Å². The molecule has 2 aliphatic rings. The average molecular weight is 805 g/mol. The Morgan fingerprint density at radius 1 is 0.831 bits per heavy atom. The van der Waals surface area contributed by atoms with Crippen LogP contribution in [0.3, 0.4) is 0 Å². The number of nitrogens with zero attached hydrogens (tertiary/aromatic N) is 1. The van der Waals surface area contributed by atoms with E-state index in [-0.39, 0.29) is 42.6 Å². The molecule has 6 rings (SSSR count). The molecule has 4 atom stereocenters. The highest BCUT2D eigenvalue weighted by atomic mass is 16.7. The maximum Gasteiger partial charge on any atom is 0.323 e. The number of rotatable bonds is 17. The second-order valence-corrected chi connectivity index (χ2v) is 16.6. The molecule has 59 heavy (non-hydrogen) atoms. The van der Waals surface area contributed by atoms with E-state index in [4.69, 9.17) is 19.9 Å². The van der Waals surface area contributed by atoms with Crippen molar-refractivity contribution in [1.82, 2.24) is 10.2 Å². The van der Waals surface area contributed by atoms with Crippen LogP contribution in [0.25, 0.3) is 11.1 Å². The standard InChI is InChI=1S/C48H60N4O7/c1-48(2,3)59-46(56)42-17-12-28-52(42)31-38-29-43(35-22-20-33(32-53)21-23-35)58-47(57-38)36-26-24-34(25-27-36)39-14-9-8-13-37(39)30-50-44(54)18-6-4-5-7-19-45(55)51-41-16-11-10-15-40(41)49/h8-11,13-16,20-27,38,42-43,47,53H,4-7,12,17-19,28-32,49H2,1-3H3,(H,50,54)(H,51,55)/t38-,42+,43+,47+/m1/s1. The van der Waals surface area contributed by atoms with Crippen LogP contribution in [-0.2, 0) is 41.7 Å². The number of para-hydroxylation sites is 2. The Balaban J connectivity index is 1.03. The second-order valence-electron chi connectivity index (χ2n) is 16.6. The van der Waals surface area contributed by atoms with Gasteiger partial charge in [0.05, 0.1) is 30.2 Å². The third-order valence-electron chi connectivity index (χ3n) is 10.9. The van der Waals surface area contributed by atoms with E-state index in [0.717, 1.165) is 78.5 Å². The Labute approximate surface area is 348 Å². The number of unbranched alkanes of at least 4 members (excludes halogenated alkanes) is 3. The second kappa shape index (κ2) is 20.8. The van der Waals surface area contributed by atoms with Crippen LogP contribution in [-0.4, -0.2) is 58.6 Å². The van der Waals surface area contributed by atoms with Gasteiger partial charge in [-0.05, 0) is 92.9 Å². The fourth-order valence-electron chi connectivity index (χ4n) is 7.78. The molecule has 0 saturated carbocycles. The highest BCUT2D eigenvalue weighted by Gasteiger charge is 2.39. The molecule has 0 aliphatic carbocycles. The van der Waals surface area contributed by atoms with Crippen LogP contribution in [0.5, 0.6) is 0 Å². The third kappa shape index (κ3) is 12.7. The Bertz CT molecular complexity index is 2000. The number of aliphatic hydroxyl groups excluding tert-OH is 1. The summed E-state index contributed by atoms with van der Waals surface area (Å²) in [6.07, 6.45) is 5.31. The van der Waals surface area contributed by atoms with Gasteiger partial charge in [-0.15, -0.1) is 0 Å². The summed E-state index contributed by atoms with van der Waals surface area (Å²) in [5.74, 6) is -0.246. The number of likely N-dealkylation sites (tertiary alicyclic amines) is 1. The molecule has 4 aromatic rings. The lowest BCUT2D eigenvalue weighted by Crippen LogP contribution is -2.45. The molecule has 0 aromatic heterocycles. The first-order valence-electron chi connectivity index (χ1n) is 21.0. The number of nitrogens with one attached hydrogen (secondary N) is 2. The van der Waals surface area contributed by atoms with Crippen molar-refractivity contribution < 1.29 is 33.7 Å². The van der Waals surface area contributed by atoms with Crippen LogP contribution in [0.2, 0.25) is 0 Å². The summed E-state index contributed by atoms with van der Waals surface area (Å²) in [6.45, 7) is 7.45. The van der Waals surface area contributed by atoms with Gasteiger partial charge in [0, 0.05) is 37.9 Å². The van der Waals surface area contributed by atoms with Gasteiger partial charge in [0.2, 0.25) is 11.8 Å². The van der Waals surface area contributed by atoms with Crippen molar-refractivity contribution in [3.63, 3.8) is 0 Å². The number of nitrogen functional groups attached to an aromatic ring is 1. The number of hydrogen-bond donors (Lipinski definition) is 4. The van der Waals surface area contributed by atoms with E-state index in [1.807, 2.05) is 87.5 Å². The summed E-state index contributed by atoms with van der Waals surface area (Å²) in [4.78, 5) is 40.4. The van der Waals surface area contributed by atoms with Gasteiger partial charge in [-0.1, -0.05) is 97.8 Å². The van der Waals surface area contributed by atoms with E-state index in [9.17, 15) is 19.5 Å². The average Bonchev–Trinajstić information content (AvgIpc) is 3.70. The zero-order chi connectivity index (χ0) is 41.8. The molecule has 2 fully saturated rings. The number of amides is 2. The number of carbonyl (C=O) groups is 3. The fraction of sp³-hybridized carbons (Fsp3) is 0.438. The minimum Gasteiger partial charge on any atom is -0.459 e. The van der Waals surface area contributed by atoms with Crippen molar-refractivity contribution in [2.75, 3.05) is 24.1 Å². The highest BCUT2D eigenvalue weighted by molar-refractivity contribution is 5.93. The Kier molecular flexibility index (Phi) is 15.3. The summed E-state index contributed by atoms with van der Waals surface area (Å²) in [6, 6.07) is 31.0. The number of esters is 1.